The van der Waals surface area contributed by atoms with Gasteiger partial charge < -0.3 is 10.1 Å². The van der Waals surface area contributed by atoms with Crippen LogP contribution in [0, 0.1) is 5.82 Å². The number of ether oxygens (including phenoxy) is 1. The largest absolute Gasteiger partial charge is 0.442 e. The molecule has 1 amide bonds. The molecular formula is C23H30FN3O4S. The van der Waals surface area contributed by atoms with Gasteiger partial charge in [-0.3, -0.25) is 9.59 Å². The number of unbranched alkanes of at least 4 members (excludes halogenated alkanes) is 3. The van der Waals surface area contributed by atoms with Crippen molar-refractivity contribution >= 4 is 28.9 Å². The fourth-order valence-electron chi connectivity index (χ4n) is 2.85. The minimum atomic E-state index is -0.742. The Morgan fingerprint density at radius 1 is 1.09 bits per heavy atom. The van der Waals surface area contributed by atoms with Gasteiger partial charge in [0.15, 0.2) is 10.8 Å². The van der Waals surface area contributed by atoms with Gasteiger partial charge in [-0.1, -0.05) is 24.6 Å². The van der Waals surface area contributed by atoms with Crippen LogP contribution in [0.4, 0.5) is 9.18 Å². The Morgan fingerprint density at radius 3 is 2.38 bits per heavy atom. The molecule has 1 aromatic carbocycles. The molecule has 0 saturated carbocycles. The van der Waals surface area contributed by atoms with Gasteiger partial charge in [-0.2, -0.15) is 9.78 Å². The van der Waals surface area contributed by atoms with E-state index in [9.17, 15) is 18.8 Å². The lowest BCUT2D eigenvalue weighted by molar-refractivity contribution is -0.109. The minimum absolute atomic E-state index is 0.0769. The Labute approximate surface area is 192 Å². The highest BCUT2D eigenvalue weighted by Crippen LogP contribution is 2.23. The number of nitrogens with zero attached hydrogens (tertiary/aromatic N) is 2. The van der Waals surface area contributed by atoms with Crippen molar-refractivity contribution in [3.63, 3.8) is 0 Å². The molecule has 0 aliphatic heterocycles. The summed E-state index contributed by atoms with van der Waals surface area (Å²) < 4.78 is 19.8. The maximum atomic E-state index is 13.3. The van der Waals surface area contributed by atoms with E-state index in [1.54, 1.807) is 27.7 Å². The molecule has 1 aromatic heterocycles. The third-order valence-corrected chi connectivity index (χ3v) is 5.21. The molecule has 0 spiro atoms. The monoisotopic (exact) mass is 463 g/mol. The SMILES string of the molecule is CC(=O)SCCCCCCNC(=O)c1cc(-c2ccc(F)cc2)n(C(=O)OC(C)(C)C)n1. The Hall–Kier alpha value is -2.68. The van der Waals surface area contributed by atoms with Gasteiger partial charge >= 0.3 is 6.09 Å². The van der Waals surface area contributed by atoms with Gasteiger partial charge in [0, 0.05) is 24.8 Å². The van der Waals surface area contributed by atoms with Crippen LogP contribution in [-0.4, -0.2) is 44.8 Å². The third kappa shape index (κ3) is 8.45. The first kappa shape index (κ1) is 25.6. The molecule has 0 unspecified atom stereocenters. The predicted octanol–water partition coefficient (Wildman–Crippen LogP) is 5.04. The number of rotatable bonds is 9. The van der Waals surface area contributed by atoms with Crippen LogP contribution in [-0.2, 0) is 9.53 Å². The van der Waals surface area contributed by atoms with Crippen molar-refractivity contribution < 1.29 is 23.5 Å². The van der Waals surface area contributed by atoms with Crippen molar-refractivity contribution in [3.05, 3.63) is 41.8 Å². The first-order valence-electron chi connectivity index (χ1n) is 10.6. The van der Waals surface area contributed by atoms with Crippen molar-refractivity contribution in [2.45, 2.75) is 59.0 Å². The van der Waals surface area contributed by atoms with Gasteiger partial charge in [-0.05, 0) is 63.9 Å². The van der Waals surface area contributed by atoms with Crippen LogP contribution in [0.15, 0.2) is 30.3 Å². The van der Waals surface area contributed by atoms with Crippen LogP contribution in [0.5, 0.6) is 0 Å². The number of benzene rings is 1. The Balaban J connectivity index is 2.02. The van der Waals surface area contributed by atoms with Crippen LogP contribution in [0.2, 0.25) is 0 Å². The predicted molar refractivity (Wildman–Crippen MR) is 123 cm³/mol. The van der Waals surface area contributed by atoms with Crippen LogP contribution >= 0.6 is 11.8 Å². The second-order valence-electron chi connectivity index (χ2n) is 8.32. The van der Waals surface area contributed by atoms with Crippen LogP contribution in [0.25, 0.3) is 11.3 Å². The zero-order valence-corrected chi connectivity index (χ0v) is 19.8. The summed E-state index contributed by atoms with van der Waals surface area (Å²) in [6.45, 7) is 7.24. The number of nitrogens with one attached hydrogen (secondary N) is 1. The maximum absolute atomic E-state index is 13.3. The van der Waals surface area contributed by atoms with Gasteiger partial charge in [0.05, 0.1) is 5.69 Å². The number of carbonyl (C=O) groups is 3. The molecule has 0 aliphatic rings. The highest BCUT2D eigenvalue weighted by atomic mass is 32.2. The molecule has 0 bridgehead atoms. The van der Waals surface area contributed by atoms with Crippen molar-refractivity contribution in [1.29, 1.82) is 0 Å². The second kappa shape index (κ2) is 11.8. The van der Waals surface area contributed by atoms with E-state index in [1.165, 1.54) is 42.1 Å². The quantitative estimate of drug-likeness (QED) is 0.524. The number of hydrogen-bond acceptors (Lipinski definition) is 6. The smallest absolute Gasteiger partial charge is 0.435 e. The molecule has 1 N–H and O–H groups in total. The van der Waals surface area contributed by atoms with E-state index in [4.69, 9.17) is 4.74 Å². The third-order valence-electron chi connectivity index (χ3n) is 4.31. The molecule has 0 radical (unpaired) electrons. The normalized spacial score (nSPS) is 11.3. The Morgan fingerprint density at radius 2 is 1.75 bits per heavy atom. The average molecular weight is 464 g/mol. The van der Waals surface area contributed by atoms with Gasteiger partial charge in [-0.25, -0.2) is 9.18 Å². The van der Waals surface area contributed by atoms with Crippen molar-refractivity contribution in [3.8, 4) is 11.3 Å². The van der Waals surface area contributed by atoms with E-state index in [1.807, 2.05) is 0 Å². The lowest BCUT2D eigenvalue weighted by Gasteiger charge is -2.19. The molecule has 9 heteroatoms. The van der Waals surface area contributed by atoms with Gasteiger partial charge in [-0.15, -0.1) is 0 Å². The van der Waals surface area contributed by atoms with E-state index >= 15 is 0 Å². The summed E-state index contributed by atoms with van der Waals surface area (Å²) in [6, 6.07) is 7.07. The highest BCUT2D eigenvalue weighted by molar-refractivity contribution is 8.13. The summed E-state index contributed by atoms with van der Waals surface area (Å²) >= 11 is 1.33. The van der Waals surface area contributed by atoms with Gasteiger partial charge in [0.1, 0.15) is 11.4 Å². The standard InChI is InChI=1S/C23H30FN3O4S/c1-16(28)32-14-8-6-5-7-13-25-21(29)19-15-20(17-9-11-18(24)12-10-17)27(26-19)22(30)31-23(2,3)4/h9-12,15H,5-8,13-14H2,1-4H3,(H,25,29). The molecule has 2 aromatic rings. The molecule has 0 aliphatic carbocycles. The maximum Gasteiger partial charge on any atom is 0.435 e. The number of thioether (sulfide) groups is 1. The highest BCUT2D eigenvalue weighted by Gasteiger charge is 2.24. The topological polar surface area (TPSA) is 90.3 Å². The number of amides is 1. The zero-order chi connectivity index (χ0) is 23.7. The summed E-state index contributed by atoms with van der Waals surface area (Å²) in [5.41, 5.74) is 0.210. The minimum Gasteiger partial charge on any atom is -0.442 e. The van der Waals surface area contributed by atoms with E-state index in [0.717, 1.165) is 36.1 Å². The second-order valence-corrected chi connectivity index (χ2v) is 9.60. The van der Waals surface area contributed by atoms with Crippen molar-refractivity contribution in [1.82, 2.24) is 15.1 Å². The Bertz CT molecular complexity index is 936. The fraction of sp³-hybridized carbons (Fsp3) is 0.478. The molecule has 0 saturated heterocycles. The lowest BCUT2D eigenvalue weighted by atomic mass is 10.1. The summed E-state index contributed by atoms with van der Waals surface area (Å²) in [5.74, 6) is 0.00779. The summed E-state index contributed by atoms with van der Waals surface area (Å²) in [6.07, 6.45) is 2.96. The fourth-order valence-corrected chi connectivity index (χ4v) is 3.49. The number of hydrogen-bond donors (Lipinski definition) is 1. The summed E-state index contributed by atoms with van der Waals surface area (Å²) in [4.78, 5) is 36.1. The van der Waals surface area contributed by atoms with Crippen LogP contribution in [0.3, 0.4) is 0 Å². The molecule has 7 nitrogen and oxygen atoms in total. The molecule has 2 rings (SSSR count). The molecular weight excluding hydrogens is 433 g/mol. The molecule has 1 heterocycles. The van der Waals surface area contributed by atoms with Gasteiger partial charge in [0.25, 0.3) is 5.91 Å². The van der Waals surface area contributed by atoms with Crippen molar-refractivity contribution in [2.75, 3.05) is 12.3 Å². The summed E-state index contributed by atoms with van der Waals surface area (Å²) in [7, 11) is 0. The van der Waals surface area contributed by atoms with Gasteiger partial charge in [0.2, 0.25) is 0 Å². The lowest BCUT2D eigenvalue weighted by Crippen LogP contribution is -2.29. The summed E-state index contributed by atoms with van der Waals surface area (Å²) in [5, 5.41) is 7.09. The van der Waals surface area contributed by atoms with E-state index in [-0.39, 0.29) is 10.8 Å². The number of aromatic nitrogens is 2. The average Bonchev–Trinajstić information content (AvgIpc) is 3.14. The number of halogens is 1. The molecule has 0 atom stereocenters. The van der Waals surface area contributed by atoms with Crippen LogP contribution < -0.4 is 5.32 Å². The first-order valence-corrected chi connectivity index (χ1v) is 11.6. The van der Waals surface area contributed by atoms with Crippen molar-refractivity contribution in [2.24, 2.45) is 0 Å². The molecule has 174 valence electrons. The van der Waals surface area contributed by atoms with E-state index in [2.05, 4.69) is 10.4 Å². The Kier molecular flexibility index (Phi) is 9.43. The molecule has 0 fully saturated rings. The van der Waals surface area contributed by atoms with E-state index < -0.39 is 23.4 Å². The zero-order valence-electron chi connectivity index (χ0n) is 18.9. The molecule has 32 heavy (non-hydrogen) atoms. The van der Waals surface area contributed by atoms with E-state index in [0.29, 0.717) is 17.8 Å². The first-order chi connectivity index (χ1) is 15.1. The van der Waals surface area contributed by atoms with Crippen LogP contribution in [0.1, 0.15) is 63.9 Å². The number of carbonyl (C=O) groups excluding carboxylic acids is 3.